The number of nitrogens with one attached hydrogen (secondary N) is 1. The van der Waals surface area contributed by atoms with E-state index in [-0.39, 0.29) is 24.8 Å². The third kappa shape index (κ3) is 8.54. The molecule has 1 aromatic heterocycles. The molecule has 3 rings (SSSR count). The molecular weight excluding hydrogens is 437 g/mol. The van der Waals surface area contributed by atoms with Crippen molar-refractivity contribution in [3.63, 3.8) is 0 Å². The van der Waals surface area contributed by atoms with Crippen molar-refractivity contribution >= 4 is 36.4 Å². The molecule has 0 saturated carbocycles. The normalized spacial score (nSPS) is 13.9. The number of halogens is 3. The average molecular weight is 465 g/mol. The lowest BCUT2D eigenvalue weighted by Gasteiger charge is -2.26. The monoisotopic (exact) mass is 463 g/mol. The third-order valence-electron chi connectivity index (χ3n) is 4.45. The van der Waals surface area contributed by atoms with Gasteiger partial charge in [0.1, 0.15) is 11.8 Å². The molecule has 2 aromatic rings. The fourth-order valence-electron chi connectivity index (χ4n) is 2.89. The van der Waals surface area contributed by atoms with Crippen LogP contribution in [0.1, 0.15) is 11.1 Å². The van der Waals surface area contributed by atoms with Gasteiger partial charge >= 0.3 is 0 Å². The molecule has 1 aliphatic rings. The Balaban J connectivity index is 0.00000210. The fourth-order valence-corrected chi connectivity index (χ4v) is 3.00. The summed E-state index contributed by atoms with van der Waals surface area (Å²) in [6, 6.07) is 9.66. The van der Waals surface area contributed by atoms with E-state index >= 15 is 0 Å². The summed E-state index contributed by atoms with van der Waals surface area (Å²) in [4.78, 5) is 6.48. The van der Waals surface area contributed by atoms with E-state index in [4.69, 9.17) is 25.8 Å². The van der Waals surface area contributed by atoms with Gasteiger partial charge < -0.3 is 19.5 Å². The highest BCUT2D eigenvalue weighted by Gasteiger charge is 2.10. The molecule has 0 amide bonds. The number of benzene rings is 1. The van der Waals surface area contributed by atoms with Crippen LogP contribution in [0.2, 0.25) is 5.15 Å². The van der Waals surface area contributed by atoms with Gasteiger partial charge in [-0.3, -0.25) is 4.90 Å². The van der Waals surface area contributed by atoms with Crippen LogP contribution in [0, 0.1) is 0 Å². The maximum absolute atomic E-state index is 5.87. The zero-order valence-corrected chi connectivity index (χ0v) is 18.8. The number of nitrogens with zero attached hydrogens (tertiary/aromatic N) is 2. The standard InChI is InChI=1S/C20H26ClN3O3.2ClH/c1-25-19-12-16(13-22-6-7-24-8-10-26-11-9-24)2-4-18(19)27-15-17-3-5-20(21)23-14-17;;/h2-5,12,14,22H,6-11,13,15H2,1H3;2*1H. The van der Waals surface area contributed by atoms with Gasteiger partial charge in [-0.2, -0.15) is 0 Å². The van der Waals surface area contributed by atoms with Crippen molar-refractivity contribution in [2.45, 2.75) is 13.2 Å². The van der Waals surface area contributed by atoms with Gasteiger partial charge in [-0.25, -0.2) is 4.98 Å². The molecule has 6 nitrogen and oxygen atoms in total. The van der Waals surface area contributed by atoms with Crippen LogP contribution in [0.4, 0.5) is 0 Å². The Kier molecular flexibility index (Phi) is 12.3. The quantitative estimate of drug-likeness (QED) is 0.452. The van der Waals surface area contributed by atoms with Crippen molar-refractivity contribution < 1.29 is 14.2 Å². The summed E-state index contributed by atoms with van der Waals surface area (Å²) in [5, 5.41) is 3.96. The molecule has 29 heavy (non-hydrogen) atoms. The van der Waals surface area contributed by atoms with Crippen LogP contribution in [0.3, 0.4) is 0 Å². The van der Waals surface area contributed by atoms with Gasteiger partial charge in [-0.15, -0.1) is 24.8 Å². The summed E-state index contributed by atoms with van der Waals surface area (Å²) < 4.78 is 16.7. The molecule has 0 aliphatic carbocycles. The van der Waals surface area contributed by atoms with Crippen LogP contribution >= 0.6 is 36.4 Å². The Labute approximate surface area is 189 Å². The SMILES string of the molecule is COc1cc(CNCCN2CCOCC2)ccc1OCc1ccc(Cl)nc1.Cl.Cl. The van der Waals surface area contributed by atoms with Crippen LogP contribution in [-0.4, -0.2) is 56.4 Å². The van der Waals surface area contributed by atoms with Gasteiger partial charge in [-0.1, -0.05) is 23.7 Å². The minimum absolute atomic E-state index is 0. The van der Waals surface area contributed by atoms with E-state index in [1.807, 2.05) is 18.2 Å². The second-order valence-electron chi connectivity index (χ2n) is 6.39. The number of hydrogen-bond acceptors (Lipinski definition) is 6. The van der Waals surface area contributed by atoms with Crippen LogP contribution in [0.5, 0.6) is 11.5 Å². The molecule has 0 spiro atoms. The molecular formula is C20H28Cl3N3O3. The first kappa shape index (κ1) is 25.8. The largest absolute Gasteiger partial charge is 0.493 e. The lowest BCUT2D eigenvalue weighted by atomic mass is 10.2. The lowest BCUT2D eigenvalue weighted by molar-refractivity contribution is 0.0384. The molecule has 162 valence electrons. The Morgan fingerprint density at radius 2 is 1.86 bits per heavy atom. The van der Waals surface area contributed by atoms with E-state index in [9.17, 15) is 0 Å². The number of morpholine rings is 1. The fraction of sp³-hybridized carbons (Fsp3) is 0.450. The van der Waals surface area contributed by atoms with Gasteiger partial charge in [0.25, 0.3) is 0 Å². The highest BCUT2D eigenvalue weighted by atomic mass is 35.5. The van der Waals surface area contributed by atoms with E-state index in [1.54, 1.807) is 19.4 Å². The third-order valence-corrected chi connectivity index (χ3v) is 4.67. The number of rotatable bonds is 9. The molecule has 2 heterocycles. The molecule has 1 aromatic carbocycles. The highest BCUT2D eigenvalue weighted by Crippen LogP contribution is 2.28. The minimum atomic E-state index is 0. The molecule has 1 fully saturated rings. The van der Waals surface area contributed by atoms with Gasteiger partial charge in [-0.05, 0) is 23.8 Å². The Hall–Kier alpha value is -1.28. The first-order valence-corrected chi connectivity index (χ1v) is 9.53. The minimum Gasteiger partial charge on any atom is -0.493 e. The molecule has 0 atom stereocenters. The molecule has 1 aliphatic heterocycles. The van der Waals surface area contributed by atoms with Gasteiger partial charge in [0.15, 0.2) is 11.5 Å². The van der Waals surface area contributed by atoms with Crippen molar-refractivity contribution in [3.05, 3.63) is 52.8 Å². The van der Waals surface area contributed by atoms with Crippen molar-refractivity contribution in [2.75, 3.05) is 46.5 Å². The van der Waals surface area contributed by atoms with Crippen molar-refractivity contribution in [1.29, 1.82) is 0 Å². The highest BCUT2D eigenvalue weighted by molar-refractivity contribution is 6.29. The Bertz CT molecular complexity index is 714. The first-order valence-electron chi connectivity index (χ1n) is 9.15. The maximum atomic E-state index is 5.87. The second kappa shape index (κ2) is 13.9. The number of pyridine rings is 1. The average Bonchev–Trinajstić information content (AvgIpc) is 2.72. The smallest absolute Gasteiger partial charge is 0.161 e. The van der Waals surface area contributed by atoms with Crippen molar-refractivity contribution in [3.8, 4) is 11.5 Å². The molecule has 1 saturated heterocycles. The summed E-state index contributed by atoms with van der Waals surface area (Å²) in [5.74, 6) is 1.44. The van der Waals surface area contributed by atoms with Gasteiger partial charge in [0.05, 0.1) is 20.3 Å². The van der Waals surface area contributed by atoms with Gasteiger partial charge in [0.2, 0.25) is 0 Å². The molecule has 0 radical (unpaired) electrons. The molecule has 0 unspecified atom stereocenters. The van der Waals surface area contributed by atoms with Crippen LogP contribution in [0.25, 0.3) is 0 Å². The summed E-state index contributed by atoms with van der Waals surface area (Å²) in [7, 11) is 1.65. The Morgan fingerprint density at radius 1 is 1.10 bits per heavy atom. The number of methoxy groups -OCH3 is 1. The first-order chi connectivity index (χ1) is 13.2. The van der Waals surface area contributed by atoms with Crippen LogP contribution < -0.4 is 14.8 Å². The molecule has 0 bridgehead atoms. The molecule has 1 N–H and O–H groups in total. The van der Waals surface area contributed by atoms with Crippen molar-refractivity contribution in [2.24, 2.45) is 0 Å². The van der Waals surface area contributed by atoms with E-state index < -0.39 is 0 Å². The Morgan fingerprint density at radius 3 is 2.55 bits per heavy atom. The number of hydrogen-bond donors (Lipinski definition) is 1. The number of ether oxygens (including phenoxy) is 3. The van der Waals surface area contributed by atoms with E-state index in [1.165, 1.54) is 0 Å². The second-order valence-corrected chi connectivity index (χ2v) is 6.78. The van der Waals surface area contributed by atoms with Crippen LogP contribution in [-0.2, 0) is 17.9 Å². The summed E-state index contributed by atoms with van der Waals surface area (Å²) in [6.45, 7) is 6.91. The number of aromatic nitrogens is 1. The topological polar surface area (TPSA) is 55.9 Å². The zero-order chi connectivity index (χ0) is 18.9. The van der Waals surface area contributed by atoms with E-state index in [2.05, 4.69) is 21.3 Å². The lowest BCUT2D eigenvalue weighted by Crippen LogP contribution is -2.40. The van der Waals surface area contributed by atoms with E-state index in [0.717, 1.165) is 62.8 Å². The van der Waals surface area contributed by atoms with E-state index in [0.29, 0.717) is 17.5 Å². The summed E-state index contributed by atoms with van der Waals surface area (Å²) in [6.07, 6.45) is 1.71. The summed E-state index contributed by atoms with van der Waals surface area (Å²) in [5.41, 5.74) is 2.12. The zero-order valence-electron chi connectivity index (χ0n) is 16.4. The van der Waals surface area contributed by atoms with Crippen molar-refractivity contribution in [1.82, 2.24) is 15.2 Å². The maximum Gasteiger partial charge on any atom is 0.161 e. The molecule has 9 heteroatoms. The predicted octanol–water partition coefficient (Wildman–Crippen LogP) is 3.59. The predicted molar refractivity (Wildman–Crippen MR) is 120 cm³/mol. The summed E-state index contributed by atoms with van der Waals surface area (Å²) >= 11 is 5.80. The van der Waals surface area contributed by atoms with Gasteiger partial charge in [0, 0.05) is 44.5 Å². The van der Waals surface area contributed by atoms with Crippen LogP contribution in [0.15, 0.2) is 36.5 Å².